The second-order valence-electron chi connectivity index (χ2n) is 4.79. The Labute approximate surface area is 134 Å². The standard InChI is InChI=1S/C13H14BrF3N2OS/c1-6(2)10(11(18)21)19-12(20)8-5-7(13(15,16)17)3-4-9(8)14/h3-6,10H,1-2H3,(H2,18,21)(H,19,20). The molecule has 116 valence electrons. The minimum Gasteiger partial charge on any atom is -0.392 e. The highest BCUT2D eigenvalue weighted by Gasteiger charge is 2.32. The Bertz CT molecular complexity index is 561. The van der Waals surface area contributed by atoms with Crippen LogP contribution in [0.1, 0.15) is 29.8 Å². The van der Waals surface area contributed by atoms with Gasteiger partial charge < -0.3 is 11.1 Å². The Balaban J connectivity index is 3.10. The van der Waals surface area contributed by atoms with E-state index >= 15 is 0 Å². The first-order chi connectivity index (χ1) is 9.54. The number of carbonyl (C=O) groups excluding carboxylic acids is 1. The predicted octanol–water partition coefficient (Wildman–Crippen LogP) is 3.51. The monoisotopic (exact) mass is 382 g/mol. The van der Waals surface area contributed by atoms with Gasteiger partial charge in [-0.05, 0) is 40.0 Å². The number of benzene rings is 1. The zero-order valence-electron chi connectivity index (χ0n) is 11.3. The van der Waals surface area contributed by atoms with E-state index in [4.69, 9.17) is 18.0 Å². The molecule has 1 rings (SSSR count). The van der Waals surface area contributed by atoms with Crippen LogP contribution in [0.5, 0.6) is 0 Å². The number of carbonyl (C=O) groups is 1. The molecule has 21 heavy (non-hydrogen) atoms. The van der Waals surface area contributed by atoms with Crippen LogP contribution in [-0.2, 0) is 6.18 Å². The lowest BCUT2D eigenvalue weighted by Gasteiger charge is -2.21. The van der Waals surface area contributed by atoms with Gasteiger partial charge in [0.05, 0.1) is 22.2 Å². The van der Waals surface area contributed by atoms with Crippen LogP contribution in [0.15, 0.2) is 22.7 Å². The van der Waals surface area contributed by atoms with Gasteiger partial charge in [-0.3, -0.25) is 4.79 Å². The number of hydrogen-bond donors (Lipinski definition) is 2. The summed E-state index contributed by atoms with van der Waals surface area (Å²) in [6.07, 6.45) is -4.52. The summed E-state index contributed by atoms with van der Waals surface area (Å²) in [6, 6.07) is 2.28. The van der Waals surface area contributed by atoms with Crippen molar-refractivity contribution >= 4 is 39.0 Å². The highest BCUT2D eigenvalue weighted by Crippen LogP contribution is 2.31. The van der Waals surface area contributed by atoms with Gasteiger partial charge in [-0.1, -0.05) is 26.1 Å². The average Bonchev–Trinajstić information content (AvgIpc) is 2.33. The van der Waals surface area contributed by atoms with Crippen LogP contribution in [0.25, 0.3) is 0 Å². The Hall–Kier alpha value is -1.15. The summed E-state index contributed by atoms with van der Waals surface area (Å²) in [5.41, 5.74) is 4.51. The van der Waals surface area contributed by atoms with Crippen molar-refractivity contribution in [2.75, 3.05) is 0 Å². The minimum atomic E-state index is -4.52. The van der Waals surface area contributed by atoms with Crippen LogP contribution in [0.4, 0.5) is 13.2 Å². The number of hydrogen-bond acceptors (Lipinski definition) is 2. The molecule has 1 amide bonds. The number of nitrogens with one attached hydrogen (secondary N) is 1. The van der Waals surface area contributed by atoms with Gasteiger partial charge in [0.2, 0.25) is 0 Å². The maximum atomic E-state index is 12.7. The Morgan fingerprint density at radius 3 is 2.38 bits per heavy atom. The molecule has 1 aromatic carbocycles. The van der Waals surface area contributed by atoms with Crippen LogP contribution >= 0.6 is 28.1 Å². The first kappa shape index (κ1) is 17.9. The Morgan fingerprint density at radius 2 is 1.95 bits per heavy atom. The van der Waals surface area contributed by atoms with Crippen molar-refractivity contribution in [3.05, 3.63) is 33.8 Å². The maximum absolute atomic E-state index is 12.7. The summed E-state index contributed by atoms with van der Waals surface area (Å²) in [5, 5.41) is 2.55. The molecule has 0 aliphatic rings. The van der Waals surface area contributed by atoms with Crippen molar-refractivity contribution in [1.82, 2.24) is 5.32 Å². The molecule has 0 saturated heterocycles. The number of halogens is 4. The number of thiocarbonyl (C=S) groups is 1. The van der Waals surface area contributed by atoms with Crippen molar-refractivity contribution in [2.24, 2.45) is 11.7 Å². The minimum absolute atomic E-state index is 0.0731. The van der Waals surface area contributed by atoms with E-state index in [1.54, 1.807) is 13.8 Å². The molecule has 1 aromatic rings. The normalized spacial score (nSPS) is 13.1. The van der Waals surface area contributed by atoms with E-state index in [0.717, 1.165) is 12.1 Å². The lowest BCUT2D eigenvalue weighted by Crippen LogP contribution is -2.46. The van der Waals surface area contributed by atoms with E-state index in [0.29, 0.717) is 0 Å². The summed E-state index contributed by atoms with van der Waals surface area (Å²) < 4.78 is 38.3. The third-order valence-electron chi connectivity index (χ3n) is 2.80. The number of alkyl halides is 3. The molecule has 1 unspecified atom stereocenters. The van der Waals surface area contributed by atoms with Crippen LogP contribution in [0.2, 0.25) is 0 Å². The van der Waals surface area contributed by atoms with Crippen molar-refractivity contribution in [3.63, 3.8) is 0 Å². The molecule has 0 aromatic heterocycles. The zero-order valence-corrected chi connectivity index (χ0v) is 13.7. The van der Waals surface area contributed by atoms with Crippen LogP contribution < -0.4 is 11.1 Å². The molecule has 8 heteroatoms. The molecule has 0 aliphatic heterocycles. The van der Waals surface area contributed by atoms with Crippen molar-refractivity contribution in [2.45, 2.75) is 26.1 Å². The lowest BCUT2D eigenvalue weighted by molar-refractivity contribution is -0.137. The molecule has 3 nitrogen and oxygen atoms in total. The van der Waals surface area contributed by atoms with Gasteiger partial charge >= 0.3 is 6.18 Å². The lowest BCUT2D eigenvalue weighted by atomic mass is 10.0. The SMILES string of the molecule is CC(C)C(NC(=O)c1cc(C(F)(F)F)ccc1Br)C(N)=S. The fourth-order valence-corrected chi connectivity index (χ4v) is 2.42. The summed E-state index contributed by atoms with van der Waals surface area (Å²) in [6.45, 7) is 3.59. The molecule has 0 saturated carbocycles. The molecule has 0 radical (unpaired) electrons. The number of amides is 1. The molecule has 1 atom stereocenters. The van der Waals surface area contributed by atoms with Crippen LogP contribution in [-0.4, -0.2) is 16.9 Å². The smallest absolute Gasteiger partial charge is 0.392 e. The van der Waals surface area contributed by atoms with E-state index < -0.39 is 23.7 Å². The summed E-state index contributed by atoms with van der Waals surface area (Å²) >= 11 is 7.92. The van der Waals surface area contributed by atoms with E-state index in [1.165, 1.54) is 6.07 Å². The van der Waals surface area contributed by atoms with Crippen molar-refractivity contribution in [1.29, 1.82) is 0 Å². The highest BCUT2D eigenvalue weighted by atomic mass is 79.9. The van der Waals surface area contributed by atoms with Gasteiger partial charge in [0.15, 0.2) is 0 Å². The second-order valence-corrected chi connectivity index (χ2v) is 6.12. The van der Waals surface area contributed by atoms with E-state index in [9.17, 15) is 18.0 Å². The molecule has 0 aliphatic carbocycles. The fourth-order valence-electron chi connectivity index (χ4n) is 1.66. The van der Waals surface area contributed by atoms with Gasteiger partial charge in [-0.25, -0.2) is 0 Å². The molecule has 0 spiro atoms. The zero-order chi connectivity index (χ0) is 16.4. The van der Waals surface area contributed by atoms with Gasteiger partial charge in [0, 0.05) is 4.47 Å². The van der Waals surface area contributed by atoms with Crippen LogP contribution in [0.3, 0.4) is 0 Å². The van der Waals surface area contributed by atoms with Gasteiger partial charge in [-0.2, -0.15) is 13.2 Å². The largest absolute Gasteiger partial charge is 0.416 e. The predicted molar refractivity (Wildman–Crippen MR) is 82.0 cm³/mol. The highest BCUT2D eigenvalue weighted by molar-refractivity contribution is 9.10. The molecular formula is C13H14BrF3N2OS. The van der Waals surface area contributed by atoms with Crippen LogP contribution in [0, 0.1) is 5.92 Å². The van der Waals surface area contributed by atoms with Crippen molar-refractivity contribution < 1.29 is 18.0 Å². The number of nitrogens with two attached hydrogens (primary N) is 1. The molecular weight excluding hydrogens is 369 g/mol. The first-order valence-corrected chi connectivity index (χ1v) is 7.21. The van der Waals surface area contributed by atoms with Gasteiger partial charge in [-0.15, -0.1) is 0 Å². The molecule has 0 fully saturated rings. The van der Waals surface area contributed by atoms with Gasteiger partial charge in [0.1, 0.15) is 0 Å². The van der Waals surface area contributed by atoms with E-state index in [2.05, 4.69) is 21.2 Å². The summed E-state index contributed by atoms with van der Waals surface area (Å²) in [7, 11) is 0. The topological polar surface area (TPSA) is 55.1 Å². The molecule has 0 bridgehead atoms. The first-order valence-electron chi connectivity index (χ1n) is 6.01. The molecule has 0 heterocycles. The van der Waals surface area contributed by atoms with Crippen molar-refractivity contribution in [3.8, 4) is 0 Å². The molecule has 3 N–H and O–H groups in total. The second kappa shape index (κ2) is 6.74. The van der Waals surface area contributed by atoms with E-state index in [1.807, 2.05) is 0 Å². The third-order valence-corrected chi connectivity index (χ3v) is 3.74. The summed E-state index contributed by atoms with van der Waals surface area (Å²) in [5.74, 6) is -0.740. The third kappa shape index (κ3) is 4.67. The average molecular weight is 383 g/mol. The Kier molecular flexibility index (Phi) is 5.75. The fraction of sp³-hybridized carbons (Fsp3) is 0.385. The van der Waals surface area contributed by atoms with E-state index in [-0.39, 0.29) is 20.9 Å². The number of rotatable bonds is 4. The van der Waals surface area contributed by atoms with Gasteiger partial charge in [0.25, 0.3) is 5.91 Å². The quantitative estimate of drug-likeness (QED) is 0.783. The maximum Gasteiger partial charge on any atom is 0.416 e. The Morgan fingerprint density at radius 1 is 1.38 bits per heavy atom. The summed E-state index contributed by atoms with van der Waals surface area (Å²) in [4.78, 5) is 12.2.